The van der Waals surface area contributed by atoms with Crippen molar-refractivity contribution in [2.75, 3.05) is 19.6 Å². The zero-order valence-electron chi connectivity index (χ0n) is 5.58. The van der Waals surface area contributed by atoms with Crippen molar-refractivity contribution in [3.63, 3.8) is 0 Å². The average Bonchev–Trinajstić information content (AvgIpc) is 1.90. The highest BCUT2D eigenvalue weighted by Crippen LogP contribution is 2.23. The molecule has 0 spiro atoms. The van der Waals surface area contributed by atoms with E-state index in [1.54, 1.807) is 0 Å². The minimum Gasteiger partial charge on any atom is -0.255 e. The van der Waals surface area contributed by atoms with Gasteiger partial charge in [0.25, 0.3) is 0 Å². The molecule has 0 saturated carbocycles. The van der Waals surface area contributed by atoms with Gasteiger partial charge in [-0.15, -0.1) is 0 Å². The van der Waals surface area contributed by atoms with Crippen molar-refractivity contribution in [3.8, 4) is 0 Å². The maximum Gasteiger partial charge on any atom is 0.0317 e. The highest BCUT2D eigenvalue weighted by atomic mass is 15.8. The molecule has 0 unspecified atom stereocenters. The lowest BCUT2D eigenvalue weighted by molar-refractivity contribution is -0.112. The van der Waals surface area contributed by atoms with Crippen LogP contribution >= 0.6 is 0 Å². The van der Waals surface area contributed by atoms with Gasteiger partial charge >= 0.3 is 0 Å². The minimum absolute atomic E-state index is 0.889. The lowest BCUT2D eigenvalue weighted by Gasteiger charge is -2.44. The molecule has 9 heavy (non-hydrogen) atoms. The van der Waals surface area contributed by atoms with Crippen LogP contribution in [-0.4, -0.2) is 29.8 Å². The maximum absolute atomic E-state index is 5.68. The van der Waals surface area contributed by atoms with Gasteiger partial charge in [0.1, 0.15) is 0 Å². The molecule has 2 N–H and O–H groups in total. The molecule has 3 aliphatic rings. The van der Waals surface area contributed by atoms with Crippen LogP contribution in [0.4, 0.5) is 0 Å². The van der Waals surface area contributed by atoms with Gasteiger partial charge < -0.3 is 0 Å². The molecule has 3 aliphatic heterocycles. The molecule has 3 saturated heterocycles. The number of hydrogen-bond acceptors (Lipinski definition) is 3. The molecular weight excluding hydrogens is 114 g/mol. The van der Waals surface area contributed by atoms with E-state index in [4.69, 9.17) is 5.84 Å². The fourth-order valence-electron chi connectivity index (χ4n) is 1.74. The van der Waals surface area contributed by atoms with E-state index < -0.39 is 0 Å². The van der Waals surface area contributed by atoms with Gasteiger partial charge in [-0.25, -0.2) is 5.01 Å². The largest absolute Gasteiger partial charge is 0.255 e. The predicted molar refractivity (Wildman–Crippen MR) is 35.2 cm³/mol. The van der Waals surface area contributed by atoms with E-state index in [2.05, 4.69) is 5.01 Å². The Morgan fingerprint density at radius 1 is 1.22 bits per heavy atom. The summed E-state index contributed by atoms with van der Waals surface area (Å²) in [6, 6.07) is 0. The lowest BCUT2D eigenvalue weighted by atomic mass is 9.95. The number of nitrogens with two attached hydrogens (primary N) is 1. The zero-order valence-corrected chi connectivity index (χ0v) is 5.58. The van der Waals surface area contributed by atoms with Crippen LogP contribution in [-0.2, 0) is 0 Å². The molecular formula is C6H13N3. The molecule has 0 aliphatic carbocycles. The van der Waals surface area contributed by atoms with E-state index in [0.29, 0.717) is 0 Å². The van der Waals surface area contributed by atoms with Crippen LogP contribution in [0.25, 0.3) is 0 Å². The standard InChI is InChI=1S/C6H13N3/c7-9-5-6-1-3-8(9)4-2-6/h6H,1-5,7H2. The smallest absolute Gasteiger partial charge is 0.0317 e. The molecule has 3 heteroatoms. The molecule has 0 aromatic heterocycles. The van der Waals surface area contributed by atoms with Crippen LogP contribution in [0.1, 0.15) is 12.8 Å². The van der Waals surface area contributed by atoms with Gasteiger partial charge in [-0.3, -0.25) is 5.84 Å². The first-order chi connectivity index (χ1) is 4.36. The normalized spacial score (nSPS) is 43.7. The van der Waals surface area contributed by atoms with E-state index in [1.807, 2.05) is 5.12 Å². The summed E-state index contributed by atoms with van der Waals surface area (Å²) in [6.45, 7) is 3.45. The Morgan fingerprint density at radius 3 is 2.11 bits per heavy atom. The number of fused-ring (bicyclic) bond motifs is 3. The molecule has 0 aromatic rings. The molecule has 0 amide bonds. The maximum atomic E-state index is 5.68. The highest BCUT2D eigenvalue weighted by molar-refractivity contribution is 4.77. The Hall–Kier alpha value is -0.120. The van der Waals surface area contributed by atoms with Crippen LogP contribution in [0.3, 0.4) is 0 Å². The Kier molecular flexibility index (Phi) is 1.22. The fourth-order valence-corrected chi connectivity index (χ4v) is 1.74. The molecule has 0 aromatic carbocycles. The predicted octanol–water partition coefficient (Wildman–Crippen LogP) is -0.197. The summed E-state index contributed by atoms with van der Waals surface area (Å²) >= 11 is 0. The third kappa shape index (κ3) is 0.852. The first kappa shape index (κ1) is 5.65. The molecule has 3 fully saturated rings. The van der Waals surface area contributed by atoms with Crippen molar-refractivity contribution in [1.29, 1.82) is 0 Å². The summed E-state index contributed by atoms with van der Waals surface area (Å²) < 4.78 is 0. The summed E-state index contributed by atoms with van der Waals surface area (Å²) in [6.07, 6.45) is 2.71. The summed E-state index contributed by atoms with van der Waals surface area (Å²) in [7, 11) is 0. The van der Waals surface area contributed by atoms with Crippen molar-refractivity contribution >= 4 is 0 Å². The molecule has 2 bridgehead atoms. The van der Waals surface area contributed by atoms with E-state index in [0.717, 1.165) is 12.5 Å². The molecule has 0 atom stereocenters. The first-order valence-corrected chi connectivity index (χ1v) is 3.63. The van der Waals surface area contributed by atoms with Crippen LogP contribution < -0.4 is 5.84 Å². The van der Waals surface area contributed by atoms with Gasteiger partial charge in [0.2, 0.25) is 0 Å². The number of hydrazine groups is 2. The van der Waals surface area contributed by atoms with Crippen LogP contribution in [0, 0.1) is 5.92 Å². The number of piperidine rings is 1. The molecule has 3 nitrogen and oxygen atoms in total. The van der Waals surface area contributed by atoms with Crippen LogP contribution in [0.5, 0.6) is 0 Å². The van der Waals surface area contributed by atoms with Crippen molar-refractivity contribution in [1.82, 2.24) is 10.1 Å². The second kappa shape index (κ2) is 1.94. The van der Waals surface area contributed by atoms with Crippen LogP contribution in [0.2, 0.25) is 0 Å². The topological polar surface area (TPSA) is 32.5 Å². The number of hydrogen-bond donors (Lipinski definition) is 1. The van der Waals surface area contributed by atoms with Gasteiger partial charge in [0.05, 0.1) is 0 Å². The van der Waals surface area contributed by atoms with Crippen LogP contribution in [0.15, 0.2) is 0 Å². The Balaban J connectivity index is 2.06. The molecule has 3 heterocycles. The number of rotatable bonds is 0. The highest BCUT2D eigenvalue weighted by Gasteiger charge is 2.29. The van der Waals surface area contributed by atoms with Crippen molar-refractivity contribution in [3.05, 3.63) is 0 Å². The van der Waals surface area contributed by atoms with E-state index in [-0.39, 0.29) is 0 Å². The van der Waals surface area contributed by atoms with E-state index >= 15 is 0 Å². The molecule has 52 valence electrons. The van der Waals surface area contributed by atoms with E-state index in [1.165, 1.54) is 25.9 Å². The molecule has 3 rings (SSSR count). The summed E-state index contributed by atoms with van der Waals surface area (Å²) in [5.74, 6) is 6.57. The average molecular weight is 127 g/mol. The van der Waals surface area contributed by atoms with Gasteiger partial charge in [0.15, 0.2) is 0 Å². The lowest BCUT2D eigenvalue weighted by Crippen LogP contribution is -2.58. The quantitative estimate of drug-likeness (QED) is 0.457. The first-order valence-electron chi connectivity index (χ1n) is 3.63. The monoisotopic (exact) mass is 127 g/mol. The fraction of sp³-hybridized carbons (Fsp3) is 1.00. The Morgan fingerprint density at radius 2 is 1.89 bits per heavy atom. The summed E-state index contributed by atoms with van der Waals surface area (Å²) in [4.78, 5) is 0. The second-order valence-corrected chi connectivity index (χ2v) is 3.02. The van der Waals surface area contributed by atoms with Gasteiger partial charge in [-0.2, -0.15) is 5.12 Å². The number of nitrogens with zero attached hydrogens (tertiary/aromatic N) is 2. The zero-order chi connectivity index (χ0) is 6.27. The summed E-state index contributed by atoms with van der Waals surface area (Å²) in [5.41, 5.74) is 0. The Bertz CT molecular complexity index is 107. The third-order valence-corrected chi connectivity index (χ3v) is 2.40. The van der Waals surface area contributed by atoms with Gasteiger partial charge in [-0.05, 0) is 18.8 Å². The van der Waals surface area contributed by atoms with E-state index in [9.17, 15) is 0 Å². The summed E-state index contributed by atoms with van der Waals surface area (Å²) in [5, 5.41) is 4.11. The second-order valence-electron chi connectivity index (χ2n) is 3.02. The van der Waals surface area contributed by atoms with Crippen molar-refractivity contribution in [2.45, 2.75) is 12.8 Å². The molecule has 0 radical (unpaired) electrons. The van der Waals surface area contributed by atoms with Crippen molar-refractivity contribution in [2.24, 2.45) is 11.8 Å². The van der Waals surface area contributed by atoms with Crippen molar-refractivity contribution < 1.29 is 0 Å². The SMILES string of the molecule is NN1CC2CCN1CC2. The van der Waals surface area contributed by atoms with Gasteiger partial charge in [0, 0.05) is 19.6 Å². The van der Waals surface area contributed by atoms with Gasteiger partial charge in [-0.1, -0.05) is 0 Å². The Labute approximate surface area is 55.4 Å². The third-order valence-electron chi connectivity index (χ3n) is 2.40. The minimum atomic E-state index is 0.889.